The maximum Gasteiger partial charge on any atom is 0.412 e. The molecule has 0 bridgehead atoms. The van der Waals surface area contributed by atoms with Crippen molar-refractivity contribution < 1.29 is 26.8 Å². The molecular formula is C15H26ClN3O2. The molecule has 0 atom stereocenters. The highest BCUT2D eigenvalue weighted by molar-refractivity contribution is 5.70. The smallest absolute Gasteiger partial charge is 0.412 e. The third-order valence-corrected chi connectivity index (χ3v) is 3.49. The van der Waals surface area contributed by atoms with Crippen LogP contribution in [0.25, 0.3) is 0 Å². The molecule has 0 aliphatic heterocycles. The Bertz CT molecular complexity index is 408. The number of halogens is 1. The van der Waals surface area contributed by atoms with Crippen LogP contribution in [0.1, 0.15) is 13.8 Å². The standard InChI is InChI=1S/C15H25N3O2.ClH/c1-5-18(6-2)12-11-17(4)13-7-9-14(10-8-13)20-15(19)16-3;/h7-10H,5-6,11-12H2,1-4H3,(H,16,19);1H. The quantitative estimate of drug-likeness (QED) is 0.599. The molecule has 2 N–H and O–H groups in total. The van der Waals surface area contributed by atoms with E-state index in [1.165, 1.54) is 0 Å². The molecule has 0 aromatic heterocycles. The lowest BCUT2D eigenvalue weighted by atomic mass is 10.3. The number of likely N-dealkylation sites (N-methyl/N-ethyl adjacent to an activating group) is 2. The minimum Gasteiger partial charge on any atom is -1.00 e. The summed E-state index contributed by atoms with van der Waals surface area (Å²) >= 11 is 0. The van der Waals surface area contributed by atoms with Crippen LogP contribution in [-0.4, -0.2) is 46.4 Å². The van der Waals surface area contributed by atoms with Gasteiger partial charge in [-0.15, -0.1) is 0 Å². The highest BCUT2D eigenvalue weighted by Gasteiger charge is 2.07. The van der Waals surface area contributed by atoms with Crippen molar-refractivity contribution in [1.29, 1.82) is 0 Å². The number of hydrogen-bond donors (Lipinski definition) is 2. The first kappa shape index (κ1) is 19.5. The summed E-state index contributed by atoms with van der Waals surface area (Å²) in [4.78, 5) is 14.9. The van der Waals surface area contributed by atoms with Gasteiger partial charge in [0.25, 0.3) is 0 Å². The number of carbonyl (C=O) groups excluding carboxylic acids is 1. The number of rotatable bonds is 7. The van der Waals surface area contributed by atoms with E-state index in [4.69, 9.17) is 4.74 Å². The van der Waals surface area contributed by atoms with Crippen LogP contribution in [0.15, 0.2) is 24.3 Å². The van der Waals surface area contributed by atoms with E-state index in [9.17, 15) is 4.79 Å². The Morgan fingerprint density at radius 3 is 2.29 bits per heavy atom. The van der Waals surface area contributed by atoms with Gasteiger partial charge in [-0.05, 0) is 38.1 Å². The van der Waals surface area contributed by atoms with E-state index in [0.717, 1.165) is 31.9 Å². The lowest BCUT2D eigenvalue weighted by molar-refractivity contribution is -0.894. The Hall–Kier alpha value is -1.46. The van der Waals surface area contributed by atoms with E-state index in [1.54, 1.807) is 11.9 Å². The summed E-state index contributed by atoms with van der Waals surface area (Å²) in [5, 5.41) is 2.42. The zero-order valence-electron chi connectivity index (χ0n) is 13.3. The van der Waals surface area contributed by atoms with E-state index < -0.39 is 6.09 Å². The van der Waals surface area contributed by atoms with Crippen molar-refractivity contribution in [2.24, 2.45) is 0 Å². The zero-order chi connectivity index (χ0) is 15.0. The van der Waals surface area contributed by atoms with Crippen molar-refractivity contribution in [3.63, 3.8) is 0 Å². The minimum atomic E-state index is -0.448. The second kappa shape index (κ2) is 10.3. The predicted octanol–water partition coefficient (Wildman–Crippen LogP) is -2.23. The van der Waals surface area contributed by atoms with Crippen LogP contribution < -0.4 is 32.3 Å². The molecule has 1 aromatic carbocycles. The average molecular weight is 316 g/mol. The number of nitrogens with zero attached hydrogens (tertiary/aromatic N) is 1. The molecular weight excluding hydrogens is 290 g/mol. The molecule has 120 valence electrons. The maximum atomic E-state index is 11.1. The van der Waals surface area contributed by atoms with Crippen LogP contribution in [-0.2, 0) is 0 Å². The zero-order valence-corrected chi connectivity index (χ0v) is 14.0. The average Bonchev–Trinajstić information content (AvgIpc) is 2.48. The monoisotopic (exact) mass is 315 g/mol. The first-order chi connectivity index (χ1) is 9.60. The molecule has 0 spiro atoms. The van der Waals surface area contributed by atoms with Crippen molar-refractivity contribution >= 4 is 11.8 Å². The number of ether oxygens (including phenoxy) is 1. The fourth-order valence-electron chi connectivity index (χ4n) is 1.99. The molecule has 1 amide bonds. The SMILES string of the molecule is CC[NH+](CC)CCN(C)c1ccc(OC(=O)NC)cc1.[Cl-]. The molecule has 0 unspecified atom stereocenters. The molecule has 6 heteroatoms. The molecule has 5 nitrogen and oxygen atoms in total. The maximum absolute atomic E-state index is 11.1. The number of carbonyl (C=O) groups is 1. The van der Waals surface area contributed by atoms with Crippen molar-refractivity contribution in [3.8, 4) is 5.75 Å². The fraction of sp³-hybridized carbons (Fsp3) is 0.533. The molecule has 0 radical (unpaired) electrons. The number of nitrogens with one attached hydrogen (secondary N) is 2. The third-order valence-electron chi connectivity index (χ3n) is 3.49. The molecule has 0 aliphatic rings. The largest absolute Gasteiger partial charge is 1.00 e. The lowest BCUT2D eigenvalue weighted by Crippen LogP contribution is -3.12. The summed E-state index contributed by atoms with van der Waals surface area (Å²) in [5.41, 5.74) is 1.13. The minimum absolute atomic E-state index is 0. The summed E-state index contributed by atoms with van der Waals surface area (Å²) in [6.07, 6.45) is -0.448. The van der Waals surface area contributed by atoms with Crippen LogP contribution in [0.4, 0.5) is 10.5 Å². The fourth-order valence-corrected chi connectivity index (χ4v) is 1.99. The van der Waals surface area contributed by atoms with E-state index in [0.29, 0.717) is 5.75 Å². The van der Waals surface area contributed by atoms with Crippen LogP contribution in [0.5, 0.6) is 5.75 Å². The molecule has 1 aromatic rings. The number of quaternary nitrogens is 1. The van der Waals surface area contributed by atoms with Gasteiger partial charge in [-0.3, -0.25) is 0 Å². The van der Waals surface area contributed by atoms with Crippen molar-refractivity contribution in [1.82, 2.24) is 5.32 Å². The van der Waals surface area contributed by atoms with Gasteiger partial charge in [0, 0.05) is 19.8 Å². The summed E-state index contributed by atoms with van der Waals surface area (Å²) in [7, 11) is 3.62. The van der Waals surface area contributed by atoms with E-state index in [-0.39, 0.29) is 12.4 Å². The van der Waals surface area contributed by atoms with Gasteiger partial charge in [0.15, 0.2) is 0 Å². The summed E-state index contributed by atoms with van der Waals surface area (Å²) < 4.78 is 5.06. The Balaban J connectivity index is 0.00000400. The highest BCUT2D eigenvalue weighted by atomic mass is 35.5. The third kappa shape index (κ3) is 6.69. The van der Waals surface area contributed by atoms with Gasteiger partial charge in [-0.1, -0.05) is 0 Å². The first-order valence-corrected chi connectivity index (χ1v) is 7.15. The topological polar surface area (TPSA) is 46.0 Å². The number of amides is 1. The van der Waals surface area contributed by atoms with Gasteiger partial charge in [0.1, 0.15) is 5.75 Å². The molecule has 0 saturated carbocycles. The summed E-state index contributed by atoms with van der Waals surface area (Å²) in [5.74, 6) is 0.552. The van der Waals surface area contributed by atoms with Crippen LogP contribution in [0.2, 0.25) is 0 Å². The van der Waals surface area contributed by atoms with E-state index in [1.807, 2.05) is 24.3 Å². The van der Waals surface area contributed by atoms with Crippen molar-refractivity contribution in [3.05, 3.63) is 24.3 Å². The predicted molar refractivity (Wildman–Crippen MR) is 81.7 cm³/mol. The second-order valence-corrected chi connectivity index (χ2v) is 4.76. The molecule has 21 heavy (non-hydrogen) atoms. The van der Waals surface area contributed by atoms with Crippen LogP contribution in [0.3, 0.4) is 0 Å². The summed E-state index contributed by atoms with van der Waals surface area (Å²) in [6.45, 7) is 8.87. The van der Waals surface area contributed by atoms with Crippen molar-refractivity contribution in [2.75, 3.05) is 45.2 Å². The Morgan fingerprint density at radius 1 is 1.24 bits per heavy atom. The van der Waals surface area contributed by atoms with Crippen LogP contribution in [0, 0.1) is 0 Å². The van der Waals surface area contributed by atoms with Gasteiger partial charge in [-0.25, -0.2) is 4.79 Å². The van der Waals surface area contributed by atoms with Gasteiger partial charge in [-0.2, -0.15) is 0 Å². The first-order valence-electron chi connectivity index (χ1n) is 7.15. The molecule has 1 rings (SSSR count). The molecule has 0 heterocycles. The van der Waals surface area contributed by atoms with Gasteiger partial charge in [0.05, 0.1) is 26.2 Å². The second-order valence-electron chi connectivity index (χ2n) is 4.76. The molecule has 0 fully saturated rings. The summed E-state index contributed by atoms with van der Waals surface area (Å²) in [6, 6.07) is 7.56. The van der Waals surface area contributed by atoms with Crippen molar-refractivity contribution in [2.45, 2.75) is 13.8 Å². The Labute approximate surface area is 133 Å². The van der Waals surface area contributed by atoms with Gasteiger partial charge >= 0.3 is 6.09 Å². The van der Waals surface area contributed by atoms with E-state index in [2.05, 4.69) is 31.1 Å². The highest BCUT2D eigenvalue weighted by Crippen LogP contribution is 2.18. The normalized spacial score (nSPS) is 9.95. The van der Waals surface area contributed by atoms with Crippen LogP contribution >= 0.6 is 0 Å². The number of benzene rings is 1. The molecule has 0 saturated heterocycles. The van der Waals surface area contributed by atoms with E-state index >= 15 is 0 Å². The van der Waals surface area contributed by atoms with Gasteiger partial charge < -0.3 is 32.3 Å². The van der Waals surface area contributed by atoms with Gasteiger partial charge in [0.2, 0.25) is 0 Å². The Kier molecular flexibility index (Phi) is 9.58. The molecule has 0 aliphatic carbocycles. The number of anilines is 1. The number of hydrogen-bond acceptors (Lipinski definition) is 3. The Morgan fingerprint density at radius 2 is 1.81 bits per heavy atom. The lowest BCUT2D eigenvalue weighted by Gasteiger charge is -2.22.